The van der Waals surface area contributed by atoms with Crippen LogP contribution in [-0.4, -0.2) is 41.9 Å². The number of amides is 1. The number of carbonyl (C=O) groups excluding carboxylic acids is 1. The fraction of sp³-hybridized carbons (Fsp3) is 0.385. The van der Waals surface area contributed by atoms with E-state index >= 15 is 0 Å². The Bertz CT molecular complexity index is 1290. The molecule has 0 fully saturated rings. The lowest BCUT2D eigenvalue weighted by molar-refractivity contribution is 0.0680. The third-order valence-electron chi connectivity index (χ3n) is 5.54. The second kappa shape index (κ2) is 11.0. The van der Waals surface area contributed by atoms with E-state index in [0.717, 1.165) is 0 Å². The Labute approximate surface area is 206 Å². The molecule has 1 aromatic heterocycles. The number of sulfone groups is 1. The monoisotopic (exact) mass is 501 g/mol. The molecule has 0 bridgehead atoms. The van der Waals surface area contributed by atoms with Crippen molar-refractivity contribution in [1.29, 1.82) is 0 Å². The third-order valence-corrected chi connectivity index (χ3v) is 7.13. The summed E-state index contributed by atoms with van der Waals surface area (Å²) < 4.78 is 48.0. The Hall–Kier alpha value is -3.20. The van der Waals surface area contributed by atoms with Crippen LogP contribution in [-0.2, 0) is 28.7 Å². The number of rotatable bonds is 10. The number of methoxy groups -OCH3 is 1. The summed E-state index contributed by atoms with van der Waals surface area (Å²) in [7, 11) is -2.27. The number of ether oxygens (including phenoxy) is 1. The molecule has 188 valence electrons. The van der Waals surface area contributed by atoms with E-state index in [1.54, 1.807) is 34.9 Å². The van der Waals surface area contributed by atoms with Crippen LogP contribution in [0.3, 0.4) is 0 Å². The normalized spacial score (nSPS) is 11.8. The van der Waals surface area contributed by atoms with Crippen LogP contribution in [0.2, 0.25) is 0 Å². The van der Waals surface area contributed by atoms with E-state index in [-0.39, 0.29) is 35.0 Å². The summed E-state index contributed by atoms with van der Waals surface area (Å²) in [6.45, 7) is 8.13. The minimum absolute atomic E-state index is 0.0259. The molecule has 35 heavy (non-hydrogen) atoms. The molecule has 3 aromatic rings. The van der Waals surface area contributed by atoms with E-state index in [1.807, 2.05) is 27.7 Å². The smallest absolute Gasteiger partial charge is 0.257 e. The maximum absolute atomic E-state index is 14.3. The van der Waals surface area contributed by atoms with Crippen molar-refractivity contribution in [3.05, 3.63) is 77.4 Å². The van der Waals surface area contributed by atoms with E-state index in [1.165, 1.54) is 36.4 Å². The van der Waals surface area contributed by atoms with Gasteiger partial charge in [-0.05, 0) is 49.6 Å². The fourth-order valence-corrected chi connectivity index (χ4v) is 5.31. The van der Waals surface area contributed by atoms with Crippen LogP contribution in [0, 0.1) is 11.7 Å². The molecule has 9 heteroatoms. The zero-order chi connectivity index (χ0) is 25.8. The van der Waals surface area contributed by atoms with Crippen LogP contribution in [0.25, 0.3) is 0 Å². The maximum atomic E-state index is 14.3. The van der Waals surface area contributed by atoms with Crippen LogP contribution < -0.4 is 4.74 Å². The van der Waals surface area contributed by atoms with E-state index in [4.69, 9.17) is 4.74 Å². The lowest BCUT2D eigenvalue weighted by Crippen LogP contribution is -2.37. The van der Waals surface area contributed by atoms with Gasteiger partial charge < -0.3 is 14.2 Å². The van der Waals surface area contributed by atoms with E-state index < -0.39 is 21.6 Å². The highest BCUT2D eigenvalue weighted by atomic mass is 32.2. The zero-order valence-corrected chi connectivity index (χ0v) is 21.5. The van der Waals surface area contributed by atoms with Gasteiger partial charge in [-0.15, -0.1) is 0 Å². The Morgan fingerprint density at radius 1 is 1.11 bits per heavy atom. The topological polar surface area (TPSA) is 81.5 Å². The molecule has 0 spiro atoms. The molecule has 1 heterocycles. The van der Waals surface area contributed by atoms with Crippen molar-refractivity contribution < 1.29 is 22.3 Å². The molecule has 0 radical (unpaired) electrons. The summed E-state index contributed by atoms with van der Waals surface area (Å²) in [4.78, 5) is 19.0. The molecule has 0 saturated heterocycles. The molecule has 2 aromatic carbocycles. The lowest BCUT2D eigenvalue weighted by Gasteiger charge is -2.28. The molecular weight excluding hydrogens is 469 g/mol. The number of carbonyl (C=O) groups is 1. The van der Waals surface area contributed by atoms with Gasteiger partial charge in [-0.25, -0.2) is 17.8 Å². The molecule has 0 atom stereocenters. The first-order valence-electron chi connectivity index (χ1n) is 11.5. The summed E-state index contributed by atoms with van der Waals surface area (Å²) in [5.74, 6) is -0.593. The van der Waals surface area contributed by atoms with Gasteiger partial charge >= 0.3 is 0 Å². The first-order valence-corrected chi connectivity index (χ1v) is 13.1. The summed E-state index contributed by atoms with van der Waals surface area (Å²) in [6, 6.07) is 12.5. The van der Waals surface area contributed by atoms with Gasteiger partial charge in [0.2, 0.25) is 15.0 Å². The van der Waals surface area contributed by atoms with E-state index in [2.05, 4.69) is 4.98 Å². The molecule has 0 saturated carbocycles. The third kappa shape index (κ3) is 6.28. The van der Waals surface area contributed by atoms with Gasteiger partial charge in [0.05, 0.1) is 36.9 Å². The van der Waals surface area contributed by atoms with Gasteiger partial charge in [0.25, 0.3) is 5.91 Å². The van der Waals surface area contributed by atoms with Crippen molar-refractivity contribution in [2.45, 2.75) is 57.7 Å². The number of imidazole rings is 1. The van der Waals surface area contributed by atoms with Crippen molar-refractivity contribution in [3.8, 4) is 5.75 Å². The lowest BCUT2D eigenvalue weighted by atomic mass is 10.1. The van der Waals surface area contributed by atoms with Crippen molar-refractivity contribution in [3.63, 3.8) is 0 Å². The molecule has 0 aliphatic carbocycles. The van der Waals surface area contributed by atoms with E-state index in [9.17, 15) is 17.6 Å². The predicted octanol–water partition coefficient (Wildman–Crippen LogP) is 4.71. The van der Waals surface area contributed by atoms with Crippen molar-refractivity contribution >= 4 is 15.7 Å². The number of benzene rings is 2. The number of nitrogens with zero attached hydrogens (tertiary/aromatic N) is 3. The number of halogens is 1. The second-order valence-corrected chi connectivity index (χ2v) is 11.0. The number of hydrogen-bond donors (Lipinski definition) is 0. The first-order chi connectivity index (χ1) is 16.5. The van der Waals surface area contributed by atoms with Gasteiger partial charge in [-0.1, -0.05) is 38.1 Å². The molecule has 0 aliphatic heterocycles. The molecule has 0 unspecified atom stereocenters. The van der Waals surface area contributed by atoms with Crippen LogP contribution >= 0.6 is 0 Å². The summed E-state index contributed by atoms with van der Waals surface area (Å²) in [5.41, 5.74) is 1.13. The quantitative estimate of drug-likeness (QED) is 0.402. The molecule has 3 rings (SSSR count). The largest absolute Gasteiger partial charge is 0.497 e. The van der Waals surface area contributed by atoms with Gasteiger partial charge in [0, 0.05) is 12.6 Å². The van der Waals surface area contributed by atoms with Crippen LogP contribution in [0.4, 0.5) is 4.39 Å². The first kappa shape index (κ1) is 26.4. The standard InChI is InChI=1S/C26H32FN3O4S/c1-18(2)15-30-21(16-29(19(3)4)25(31)23-11-6-7-12-24(23)27)14-28-26(30)35(32,33)17-20-9-8-10-22(13-20)34-5/h6-14,18-19H,15-17H2,1-5H3. The highest BCUT2D eigenvalue weighted by Gasteiger charge is 2.28. The van der Waals surface area contributed by atoms with Crippen molar-refractivity contribution in [2.24, 2.45) is 5.92 Å². The fourth-order valence-electron chi connectivity index (χ4n) is 3.83. The Balaban J connectivity index is 1.97. The highest BCUT2D eigenvalue weighted by molar-refractivity contribution is 7.90. The predicted molar refractivity (Wildman–Crippen MR) is 132 cm³/mol. The Morgan fingerprint density at radius 3 is 2.46 bits per heavy atom. The van der Waals surface area contributed by atoms with Crippen LogP contribution in [0.5, 0.6) is 5.75 Å². The van der Waals surface area contributed by atoms with Gasteiger partial charge in [-0.3, -0.25) is 4.79 Å². The minimum atomic E-state index is -3.80. The second-order valence-electron chi connectivity index (χ2n) is 9.15. The maximum Gasteiger partial charge on any atom is 0.257 e. The minimum Gasteiger partial charge on any atom is -0.497 e. The number of hydrogen-bond acceptors (Lipinski definition) is 5. The van der Waals surface area contributed by atoms with Crippen LogP contribution in [0.1, 0.15) is 49.3 Å². The average Bonchev–Trinajstić information content (AvgIpc) is 3.19. The summed E-state index contributed by atoms with van der Waals surface area (Å²) >= 11 is 0. The Kier molecular flexibility index (Phi) is 8.32. The van der Waals surface area contributed by atoms with Crippen molar-refractivity contribution in [2.75, 3.05) is 7.11 Å². The van der Waals surface area contributed by atoms with E-state index in [0.29, 0.717) is 23.6 Å². The summed E-state index contributed by atoms with van der Waals surface area (Å²) in [6.07, 6.45) is 1.49. The molecule has 7 nitrogen and oxygen atoms in total. The summed E-state index contributed by atoms with van der Waals surface area (Å²) in [5, 5.41) is -0.0499. The molecule has 0 N–H and O–H groups in total. The number of aromatic nitrogens is 2. The molecule has 0 aliphatic rings. The molecular formula is C26H32FN3O4S. The average molecular weight is 502 g/mol. The SMILES string of the molecule is COc1cccc(CS(=O)(=O)c2ncc(CN(C(=O)c3ccccc3F)C(C)C)n2CC(C)C)c1. The highest BCUT2D eigenvalue weighted by Crippen LogP contribution is 2.23. The van der Waals surface area contributed by atoms with Crippen LogP contribution in [0.15, 0.2) is 59.9 Å². The zero-order valence-electron chi connectivity index (χ0n) is 20.7. The molecule has 1 amide bonds. The Morgan fingerprint density at radius 2 is 1.83 bits per heavy atom. The van der Waals surface area contributed by atoms with Gasteiger partial charge in [-0.2, -0.15) is 0 Å². The van der Waals surface area contributed by atoms with Gasteiger partial charge in [0.15, 0.2) is 0 Å². The van der Waals surface area contributed by atoms with Gasteiger partial charge in [0.1, 0.15) is 11.6 Å². The van der Waals surface area contributed by atoms with Crippen molar-refractivity contribution in [1.82, 2.24) is 14.5 Å².